The summed E-state index contributed by atoms with van der Waals surface area (Å²) in [5, 5.41) is 0. The average molecular weight is 408 g/mol. The number of benzene rings is 4. The summed E-state index contributed by atoms with van der Waals surface area (Å²) in [7, 11) is 1.59. The van der Waals surface area contributed by atoms with Crippen LogP contribution in [0.2, 0.25) is 0 Å². The van der Waals surface area contributed by atoms with Crippen LogP contribution in [0, 0.1) is 0 Å². The molecule has 0 unspecified atom stereocenters. The molecular weight excluding hydrogens is 388 g/mol. The lowest BCUT2D eigenvalue weighted by atomic mass is 10.0. The standard InChI is InChI=1S/C27H20O4/c1-30-23-13-7-20(8-14-23)27(29)22-11-17-25(18-12-22)31-24-15-9-21(10-16-24)26(28)19-5-3-2-4-6-19/h2-18H,1H3. The third kappa shape index (κ3) is 4.70. The summed E-state index contributed by atoms with van der Waals surface area (Å²) in [6.07, 6.45) is 0. The number of carbonyl (C=O) groups is 2. The summed E-state index contributed by atoms with van der Waals surface area (Å²) in [5.41, 5.74) is 2.40. The number of ether oxygens (including phenoxy) is 2. The van der Waals surface area contributed by atoms with Crippen molar-refractivity contribution in [3.05, 3.63) is 125 Å². The van der Waals surface area contributed by atoms with Crippen molar-refractivity contribution in [1.29, 1.82) is 0 Å². The van der Waals surface area contributed by atoms with E-state index in [9.17, 15) is 9.59 Å². The van der Waals surface area contributed by atoms with Crippen molar-refractivity contribution in [2.75, 3.05) is 7.11 Å². The molecule has 0 aliphatic carbocycles. The van der Waals surface area contributed by atoms with E-state index >= 15 is 0 Å². The monoisotopic (exact) mass is 408 g/mol. The molecule has 0 spiro atoms. The highest BCUT2D eigenvalue weighted by atomic mass is 16.5. The molecule has 152 valence electrons. The van der Waals surface area contributed by atoms with Crippen molar-refractivity contribution < 1.29 is 19.1 Å². The minimum absolute atomic E-state index is 0.0338. The maximum absolute atomic E-state index is 12.6. The van der Waals surface area contributed by atoms with Gasteiger partial charge in [-0.05, 0) is 72.8 Å². The van der Waals surface area contributed by atoms with Crippen LogP contribution in [-0.4, -0.2) is 18.7 Å². The number of ketones is 2. The highest BCUT2D eigenvalue weighted by Gasteiger charge is 2.11. The van der Waals surface area contributed by atoms with Gasteiger partial charge in [-0.15, -0.1) is 0 Å². The van der Waals surface area contributed by atoms with Crippen molar-refractivity contribution in [2.45, 2.75) is 0 Å². The smallest absolute Gasteiger partial charge is 0.193 e. The molecule has 4 nitrogen and oxygen atoms in total. The molecule has 0 aliphatic heterocycles. The van der Waals surface area contributed by atoms with E-state index in [1.807, 2.05) is 18.2 Å². The lowest BCUT2D eigenvalue weighted by molar-refractivity contribution is 0.103. The van der Waals surface area contributed by atoms with Gasteiger partial charge in [-0.1, -0.05) is 30.3 Å². The molecule has 0 atom stereocenters. The van der Waals surface area contributed by atoms with Gasteiger partial charge in [0.2, 0.25) is 0 Å². The Labute approximate surface area is 180 Å². The second kappa shape index (κ2) is 9.09. The van der Waals surface area contributed by atoms with Gasteiger partial charge in [0.15, 0.2) is 11.6 Å². The van der Waals surface area contributed by atoms with E-state index < -0.39 is 0 Å². The second-order valence-corrected chi connectivity index (χ2v) is 6.90. The van der Waals surface area contributed by atoms with Crippen molar-refractivity contribution in [3.63, 3.8) is 0 Å². The number of methoxy groups -OCH3 is 1. The summed E-state index contributed by atoms with van der Waals surface area (Å²) in [5.74, 6) is 1.82. The number of carbonyl (C=O) groups excluding carboxylic acids is 2. The zero-order valence-electron chi connectivity index (χ0n) is 16.9. The van der Waals surface area contributed by atoms with Crippen molar-refractivity contribution in [3.8, 4) is 17.2 Å². The van der Waals surface area contributed by atoms with Crippen molar-refractivity contribution in [2.24, 2.45) is 0 Å². The summed E-state index contributed by atoms with van der Waals surface area (Å²) in [4.78, 5) is 25.1. The number of hydrogen-bond donors (Lipinski definition) is 0. The molecule has 0 aliphatic rings. The SMILES string of the molecule is COc1ccc(C(=O)c2ccc(Oc3ccc(C(=O)c4ccccc4)cc3)cc2)cc1. The molecule has 4 rings (SSSR count). The van der Waals surface area contributed by atoms with Gasteiger partial charge < -0.3 is 9.47 Å². The van der Waals surface area contributed by atoms with Gasteiger partial charge >= 0.3 is 0 Å². The first-order valence-electron chi connectivity index (χ1n) is 9.80. The van der Waals surface area contributed by atoms with Crippen LogP contribution in [0.4, 0.5) is 0 Å². The molecule has 4 heteroatoms. The van der Waals surface area contributed by atoms with E-state index in [0.29, 0.717) is 39.5 Å². The fraction of sp³-hybridized carbons (Fsp3) is 0.0370. The lowest BCUT2D eigenvalue weighted by Gasteiger charge is -2.08. The molecule has 4 aromatic rings. The maximum atomic E-state index is 12.6. The van der Waals surface area contributed by atoms with E-state index in [1.165, 1.54) is 0 Å². The Bertz CT molecular complexity index is 1180. The van der Waals surface area contributed by atoms with Crippen molar-refractivity contribution in [1.82, 2.24) is 0 Å². The van der Waals surface area contributed by atoms with Crippen LogP contribution in [0.1, 0.15) is 31.8 Å². The highest BCUT2D eigenvalue weighted by molar-refractivity contribution is 6.09. The Kier molecular flexibility index (Phi) is 5.90. The molecule has 0 radical (unpaired) electrons. The normalized spacial score (nSPS) is 10.4. The van der Waals surface area contributed by atoms with Gasteiger partial charge in [-0.3, -0.25) is 9.59 Å². The van der Waals surface area contributed by atoms with E-state index in [0.717, 1.165) is 0 Å². The summed E-state index contributed by atoms with van der Waals surface area (Å²) >= 11 is 0. The molecule has 0 amide bonds. The lowest BCUT2D eigenvalue weighted by Crippen LogP contribution is -2.01. The summed E-state index contributed by atoms with van der Waals surface area (Å²) < 4.78 is 11.0. The van der Waals surface area contributed by atoms with E-state index in [1.54, 1.807) is 92.0 Å². The highest BCUT2D eigenvalue weighted by Crippen LogP contribution is 2.24. The van der Waals surface area contributed by atoms with E-state index in [4.69, 9.17) is 9.47 Å². The van der Waals surface area contributed by atoms with Gasteiger partial charge in [-0.25, -0.2) is 0 Å². The maximum Gasteiger partial charge on any atom is 0.193 e. The van der Waals surface area contributed by atoms with Gasteiger partial charge in [0, 0.05) is 22.3 Å². The van der Waals surface area contributed by atoms with Crippen LogP contribution in [0.15, 0.2) is 103 Å². The quantitative estimate of drug-likeness (QED) is 0.355. The number of hydrogen-bond acceptors (Lipinski definition) is 4. The van der Waals surface area contributed by atoms with Crippen LogP contribution in [0.5, 0.6) is 17.2 Å². The third-order valence-electron chi connectivity index (χ3n) is 4.86. The van der Waals surface area contributed by atoms with Gasteiger partial charge in [0.25, 0.3) is 0 Å². The molecule has 0 saturated carbocycles. The molecule has 4 aromatic carbocycles. The zero-order valence-corrected chi connectivity index (χ0v) is 16.9. The van der Waals surface area contributed by atoms with Crippen LogP contribution in [-0.2, 0) is 0 Å². The van der Waals surface area contributed by atoms with E-state index in [2.05, 4.69) is 0 Å². The molecule has 0 saturated heterocycles. The average Bonchev–Trinajstić information content (AvgIpc) is 2.85. The van der Waals surface area contributed by atoms with Crippen LogP contribution >= 0.6 is 0 Å². The number of rotatable bonds is 7. The summed E-state index contributed by atoms with van der Waals surface area (Å²) in [6, 6.07) is 30.1. The molecule has 0 N–H and O–H groups in total. The Hall–Kier alpha value is -4.18. The van der Waals surface area contributed by atoms with Crippen molar-refractivity contribution >= 4 is 11.6 Å². The van der Waals surface area contributed by atoms with Gasteiger partial charge in [0.05, 0.1) is 7.11 Å². The first kappa shape index (κ1) is 20.1. The second-order valence-electron chi connectivity index (χ2n) is 6.90. The van der Waals surface area contributed by atoms with Crippen LogP contribution < -0.4 is 9.47 Å². The topological polar surface area (TPSA) is 52.6 Å². The predicted molar refractivity (Wildman–Crippen MR) is 119 cm³/mol. The molecule has 0 fully saturated rings. The van der Waals surface area contributed by atoms with Crippen LogP contribution in [0.3, 0.4) is 0 Å². The fourth-order valence-corrected chi connectivity index (χ4v) is 3.15. The minimum Gasteiger partial charge on any atom is -0.497 e. The first-order chi connectivity index (χ1) is 15.1. The Morgan fingerprint density at radius 2 is 0.839 bits per heavy atom. The molecule has 0 bridgehead atoms. The fourth-order valence-electron chi connectivity index (χ4n) is 3.15. The minimum atomic E-state index is -0.0713. The first-order valence-corrected chi connectivity index (χ1v) is 9.80. The van der Waals surface area contributed by atoms with E-state index in [-0.39, 0.29) is 11.6 Å². The Balaban J connectivity index is 1.43. The third-order valence-corrected chi connectivity index (χ3v) is 4.86. The Morgan fingerprint density at radius 3 is 1.23 bits per heavy atom. The van der Waals surface area contributed by atoms with Gasteiger partial charge in [-0.2, -0.15) is 0 Å². The molecule has 0 heterocycles. The molecule has 31 heavy (non-hydrogen) atoms. The predicted octanol–water partition coefficient (Wildman–Crippen LogP) is 5.95. The molecular formula is C27H20O4. The zero-order chi connectivity index (χ0) is 21.6. The molecule has 0 aromatic heterocycles. The summed E-state index contributed by atoms with van der Waals surface area (Å²) in [6.45, 7) is 0. The largest absolute Gasteiger partial charge is 0.497 e. The Morgan fingerprint density at radius 1 is 0.484 bits per heavy atom. The van der Waals surface area contributed by atoms with Gasteiger partial charge in [0.1, 0.15) is 17.2 Å². The van der Waals surface area contributed by atoms with Crippen LogP contribution in [0.25, 0.3) is 0 Å².